The Labute approximate surface area is 165 Å². The third-order valence-electron chi connectivity index (χ3n) is 3.64. The van der Waals surface area contributed by atoms with Crippen molar-refractivity contribution in [2.75, 3.05) is 19.5 Å². The van der Waals surface area contributed by atoms with Gasteiger partial charge in [-0.05, 0) is 17.7 Å². The van der Waals surface area contributed by atoms with Crippen LogP contribution in [-0.4, -0.2) is 30.3 Å². The molecule has 140 valence electrons. The number of nitrogens with zero attached hydrogens (tertiary/aromatic N) is 2. The van der Waals surface area contributed by atoms with Crippen LogP contribution in [0.15, 0.2) is 48.5 Å². The molecule has 0 radical (unpaired) electrons. The fraction of sp³-hybridized carbons (Fsp3) is 0.211. The van der Waals surface area contributed by atoms with E-state index in [0.717, 1.165) is 16.5 Å². The summed E-state index contributed by atoms with van der Waals surface area (Å²) in [6.45, 7) is 0. The van der Waals surface area contributed by atoms with Crippen LogP contribution in [-0.2, 0) is 11.5 Å². The van der Waals surface area contributed by atoms with E-state index in [9.17, 15) is 4.79 Å². The Hall–Kier alpha value is -2.58. The largest absolute Gasteiger partial charge is 0.497 e. The summed E-state index contributed by atoms with van der Waals surface area (Å²) in [6.07, 6.45) is 0. The van der Waals surface area contributed by atoms with Gasteiger partial charge < -0.3 is 9.47 Å². The Kier molecular flexibility index (Phi) is 6.67. The Morgan fingerprint density at radius 1 is 1.04 bits per heavy atom. The molecule has 0 aliphatic rings. The van der Waals surface area contributed by atoms with Crippen LogP contribution in [0.2, 0.25) is 0 Å². The van der Waals surface area contributed by atoms with E-state index in [1.807, 2.05) is 18.2 Å². The average Bonchev–Trinajstić information content (AvgIpc) is 3.15. The highest BCUT2D eigenvalue weighted by Crippen LogP contribution is 2.25. The summed E-state index contributed by atoms with van der Waals surface area (Å²) in [4.78, 5) is 12.5. The standard InChI is InChI=1S/C19H19N3O3S2/c1-24-15-8-14(9-16(10-15)25-2)18(23)20-19-22-21-17(27-19)12-26-11-13-6-4-3-5-7-13/h3-10H,11-12H2,1-2H3,(H,20,22,23). The van der Waals surface area contributed by atoms with Gasteiger partial charge in [0, 0.05) is 23.1 Å². The summed E-state index contributed by atoms with van der Waals surface area (Å²) >= 11 is 3.13. The molecule has 1 aromatic heterocycles. The molecule has 3 aromatic rings. The summed E-state index contributed by atoms with van der Waals surface area (Å²) in [7, 11) is 3.08. The van der Waals surface area contributed by atoms with Crippen LogP contribution in [0.3, 0.4) is 0 Å². The first-order chi connectivity index (χ1) is 13.2. The minimum Gasteiger partial charge on any atom is -0.497 e. The number of hydrogen-bond acceptors (Lipinski definition) is 7. The number of ether oxygens (including phenoxy) is 2. The molecule has 8 heteroatoms. The van der Waals surface area contributed by atoms with E-state index in [0.29, 0.717) is 22.2 Å². The average molecular weight is 402 g/mol. The number of thioether (sulfide) groups is 1. The predicted octanol–water partition coefficient (Wildman–Crippen LogP) is 4.24. The molecule has 1 N–H and O–H groups in total. The molecule has 1 amide bonds. The van der Waals surface area contributed by atoms with Gasteiger partial charge in [-0.2, -0.15) is 0 Å². The van der Waals surface area contributed by atoms with Crippen molar-refractivity contribution in [2.45, 2.75) is 11.5 Å². The molecule has 1 heterocycles. The Bertz CT molecular complexity index is 878. The van der Waals surface area contributed by atoms with Crippen LogP contribution in [0, 0.1) is 0 Å². The summed E-state index contributed by atoms with van der Waals surface area (Å²) in [5.41, 5.74) is 1.70. The zero-order valence-electron chi connectivity index (χ0n) is 15.0. The quantitative estimate of drug-likeness (QED) is 0.609. The molecule has 0 aliphatic heterocycles. The fourth-order valence-corrected chi connectivity index (χ4v) is 4.08. The van der Waals surface area contributed by atoms with Crippen molar-refractivity contribution in [3.63, 3.8) is 0 Å². The number of nitrogens with one attached hydrogen (secondary N) is 1. The van der Waals surface area contributed by atoms with Crippen molar-refractivity contribution in [1.82, 2.24) is 10.2 Å². The molecule has 0 unspecified atom stereocenters. The van der Waals surface area contributed by atoms with E-state index in [2.05, 4.69) is 27.6 Å². The van der Waals surface area contributed by atoms with Gasteiger partial charge in [-0.1, -0.05) is 41.7 Å². The molecule has 0 aliphatic carbocycles. The molecule has 3 rings (SSSR count). The van der Waals surface area contributed by atoms with E-state index in [4.69, 9.17) is 9.47 Å². The van der Waals surface area contributed by atoms with Crippen LogP contribution >= 0.6 is 23.1 Å². The molecule has 0 bridgehead atoms. The van der Waals surface area contributed by atoms with E-state index in [1.54, 1.807) is 44.2 Å². The molecular formula is C19H19N3O3S2. The van der Waals surface area contributed by atoms with Crippen LogP contribution in [0.1, 0.15) is 20.9 Å². The number of rotatable bonds is 8. The zero-order valence-corrected chi connectivity index (χ0v) is 16.6. The highest BCUT2D eigenvalue weighted by Gasteiger charge is 2.13. The maximum Gasteiger partial charge on any atom is 0.257 e. The molecule has 0 atom stereocenters. The van der Waals surface area contributed by atoms with Gasteiger partial charge in [-0.25, -0.2) is 0 Å². The van der Waals surface area contributed by atoms with Crippen molar-refractivity contribution in [2.24, 2.45) is 0 Å². The number of amides is 1. The maximum absolute atomic E-state index is 12.5. The Morgan fingerprint density at radius 2 is 1.74 bits per heavy atom. The molecule has 6 nitrogen and oxygen atoms in total. The lowest BCUT2D eigenvalue weighted by Crippen LogP contribution is -2.12. The van der Waals surface area contributed by atoms with Crippen LogP contribution < -0.4 is 14.8 Å². The van der Waals surface area contributed by atoms with Crippen LogP contribution in [0.25, 0.3) is 0 Å². The minimum absolute atomic E-state index is 0.285. The maximum atomic E-state index is 12.5. The number of carbonyl (C=O) groups is 1. The number of methoxy groups -OCH3 is 2. The van der Waals surface area contributed by atoms with E-state index >= 15 is 0 Å². The van der Waals surface area contributed by atoms with E-state index < -0.39 is 0 Å². The highest BCUT2D eigenvalue weighted by atomic mass is 32.2. The summed E-state index contributed by atoms with van der Waals surface area (Å²) in [6, 6.07) is 15.3. The summed E-state index contributed by atoms with van der Waals surface area (Å²) in [5, 5.41) is 12.3. The number of carbonyl (C=O) groups excluding carboxylic acids is 1. The topological polar surface area (TPSA) is 73.3 Å². The SMILES string of the molecule is COc1cc(OC)cc(C(=O)Nc2nnc(CSCc3ccccc3)s2)c1. The number of aromatic nitrogens is 2. The fourth-order valence-electron chi connectivity index (χ4n) is 2.30. The number of benzene rings is 2. The molecular weight excluding hydrogens is 382 g/mol. The predicted molar refractivity (Wildman–Crippen MR) is 109 cm³/mol. The van der Waals surface area contributed by atoms with Gasteiger partial charge >= 0.3 is 0 Å². The Morgan fingerprint density at radius 3 is 2.41 bits per heavy atom. The monoisotopic (exact) mass is 401 g/mol. The first kappa shape index (κ1) is 19.2. The lowest BCUT2D eigenvalue weighted by atomic mass is 10.2. The Balaban J connectivity index is 1.58. The first-order valence-corrected chi connectivity index (χ1v) is 10.1. The zero-order chi connectivity index (χ0) is 19.1. The van der Waals surface area contributed by atoms with Gasteiger partial charge in [0.15, 0.2) is 0 Å². The van der Waals surface area contributed by atoms with Crippen molar-refractivity contribution < 1.29 is 14.3 Å². The lowest BCUT2D eigenvalue weighted by Gasteiger charge is -2.07. The highest BCUT2D eigenvalue weighted by molar-refractivity contribution is 7.97. The number of anilines is 1. The van der Waals surface area contributed by atoms with E-state index in [-0.39, 0.29) is 5.91 Å². The lowest BCUT2D eigenvalue weighted by molar-refractivity contribution is 0.102. The molecule has 0 fully saturated rings. The third-order valence-corrected chi connectivity index (χ3v) is 5.67. The molecule has 2 aromatic carbocycles. The van der Waals surface area contributed by atoms with Crippen molar-refractivity contribution in [3.05, 3.63) is 64.7 Å². The second-order valence-corrected chi connectivity index (χ2v) is 7.58. The first-order valence-electron chi connectivity index (χ1n) is 8.16. The minimum atomic E-state index is -0.285. The van der Waals surface area contributed by atoms with Crippen molar-refractivity contribution >= 4 is 34.1 Å². The molecule has 27 heavy (non-hydrogen) atoms. The van der Waals surface area contributed by atoms with Gasteiger partial charge in [0.1, 0.15) is 16.5 Å². The molecule has 0 saturated heterocycles. The third kappa shape index (κ3) is 5.45. The molecule has 0 saturated carbocycles. The summed E-state index contributed by atoms with van der Waals surface area (Å²) < 4.78 is 10.4. The van der Waals surface area contributed by atoms with Crippen LogP contribution in [0.4, 0.5) is 5.13 Å². The van der Waals surface area contributed by atoms with Gasteiger partial charge in [0.25, 0.3) is 5.91 Å². The second-order valence-electron chi connectivity index (χ2n) is 5.53. The number of hydrogen-bond donors (Lipinski definition) is 1. The summed E-state index contributed by atoms with van der Waals surface area (Å²) in [5.74, 6) is 2.47. The van der Waals surface area contributed by atoms with Gasteiger partial charge in [-0.3, -0.25) is 10.1 Å². The van der Waals surface area contributed by atoms with Crippen molar-refractivity contribution in [3.8, 4) is 11.5 Å². The van der Waals surface area contributed by atoms with E-state index in [1.165, 1.54) is 16.9 Å². The van der Waals surface area contributed by atoms with Crippen molar-refractivity contribution in [1.29, 1.82) is 0 Å². The van der Waals surface area contributed by atoms with Gasteiger partial charge in [-0.15, -0.1) is 22.0 Å². The second kappa shape index (κ2) is 9.38. The smallest absolute Gasteiger partial charge is 0.257 e. The van der Waals surface area contributed by atoms with Gasteiger partial charge in [0.2, 0.25) is 5.13 Å². The molecule has 0 spiro atoms. The van der Waals surface area contributed by atoms with Crippen LogP contribution in [0.5, 0.6) is 11.5 Å². The van der Waals surface area contributed by atoms with Gasteiger partial charge in [0.05, 0.1) is 14.2 Å². The normalized spacial score (nSPS) is 10.4.